The van der Waals surface area contributed by atoms with Crippen LogP contribution >= 0.6 is 0 Å². The second kappa shape index (κ2) is 2.46. The molecule has 2 N–H and O–H groups in total. The summed E-state index contributed by atoms with van der Waals surface area (Å²) in [5.41, 5.74) is 0.153. The van der Waals surface area contributed by atoms with E-state index in [2.05, 4.69) is 20.8 Å². The highest BCUT2D eigenvalue weighted by atomic mass is 15.4. The Morgan fingerprint density at radius 3 is 1.88 bits per heavy atom. The highest BCUT2D eigenvalue weighted by molar-refractivity contribution is 4.72. The molecule has 0 aromatic carbocycles. The first-order valence-corrected chi connectivity index (χ1v) is 2.99. The minimum Gasteiger partial charge on any atom is -0.269 e. The van der Waals surface area contributed by atoms with Gasteiger partial charge in [-0.2, -0.15) is 0 Å². The zero-order valence-electron chi connectivity index (χ0n) is 6.23. The molecule has 0 unspecified atom stereocenters. The number of hydrogen-bond donors (Lipinski definition) is 1. The molecule has 0 aliphatic carbocycles. The van der Waals surface area contributed by atoms with Crippen LogP contribution in [0.3, 0.4) is 0 Å². The second-order valence-corrected chi connectivity index (χ2v) is 2.78. The summed E-state index contributed by atoms with van der Waals surface area (Å²) in [6.07, 6.45) is 1.08. The third kappa shape index (κ3) is 1.80. The smallest absolute Gasteiger partial charge is 0.0289 e. The molecule has 0 aliphatic rings. The first-order chi connectivity index (χ1) is 3.50. The van der Waals surface area contributed by atoms with Gasteiger partial charge >= 0.3 is 0 Å². The summed E-state index contributed by atoms with van der Waals surface area (Å²) in [7, 11) is 1.89. The number of hydrogen-bond acceptors (Lipinski definition) is 2. The fraction of sp³-hybridized carbons (Fsp3) is 1.00. The van der Waals surface area contributed by atoms with Crippen LogP contribution in [0.25, 0.3) is 0 Å². The van der Waals surface area contributed by atoms with E-state index in [1.807, 2.05) is 7.05 Å². The SMILES string of the molecule is CCC(C)(C)N(C)N. The number of nitrogens with zero attached hydrogens (tertiary/aromatic N) is 1. The van der Waals surface area contributed by atoms with Gasteiger partial charge in [-0.25, -0.2) is 5.01 Å². The maximum Gasteiger partial charge on any atom is 0.0289 e. The molecule has 50 valence electrons. The number of hydrazine groups is 1. The summed E-state index contributed by atoms with van der Waals surface area (Å²) < 4.78 is 0. The lowest BCUT2D eigenvalue weighted by Gasteiger charge is -2.30. The van der Waals surface area contributed by atoms with Gasteiger partial charge in [-0.05, 0) is 20.3 Å². The Morgan fingerprint density at radius 1 is 1.50 bits per heavy atom. The van der Waals surface area contributed by atoms with Crippen LogP contribution in [-0.2, 0) is 0 Å². The van der Waals surface area contributed by atoms with Crippen LogP contribution in [0.15, 0.2) is 0 Å². The Labute approximate surface area is 51.6 Å². The largest absolute Gasteiger partial charge is 0.269 e. The molecule has 0 aromatic rings. The summed E-state index contributed by atoms with van der Waals surface area (Å²) in [4.78, 5) is 0. The van der Waals surface area contributed by atoms with E-state index in [-0.39, 0.29) is 5.54 Å². The van der Waals surface area contributed by atoms with Gasteiger partial charge in [0.2, 0.25) is 0 Å². The minimum absolute atomic E-state index is 0.153. The summed E-state index contributed by atoms with van der Waals surface area (Å²) in [6.45, 7) is 6.36. The normalized spacial score (nSPS) is 12.8. The summed E-state index contributed by atoms with van der Waals surface area (Å²) in [6, 6.07) is 0. The highest BCUT2D eigenvalue weighted by Crippen LogP contribution is 2.11. The fourth-order valence-electron chi connectivity index (χ4n) is 0.249. The molecule has 0 atom stereocenters. The van der Waals surface area contributed by atoms with Crippen LogP contribution in [-0.4, -0.2) is 17.6 Å². The Morgan fingerprint density at radius 2 is 1.88 bits per heavy atom. The molecule has 0 spiro atoms. The molecule has 0 radical (unpaired) electrons. The van der Waals surface area contributed by atoms with E-state index in [9.17, 15) is 0 Å². The first kappa shape index (κ1) is 7.92. The first-order valence-electron chi connectivity index (χ1n) is 2.99. The molecule has 0 bridgehead atoms. The van der Waals surface area contributed by atoms with E-state index in [0.29, 0.717) is 0 Å². The van der Waals surface area contributed by atoms with Crippen LogP contribution in [0.2, 0.25) is 0 Å². The van der Waals surface area contributed by atoms with E-state index in [1.54, 1.807) is 5.01 Å². The lowest BCUT2D eigenvalue weighted by molar-refractivity contribution is 0.154. The summed E-state index contributed by atoms with van der Waals surface area (Å²) in [5, 5.41) is 1.74. The van der Waals surface area contributed by atoms with Crippen LogP contribution in [0, 0.1) is 0 Å². The van der Waals surface area contributed by atoms with Crippen LogP contribution in [0.4, 0.5) is 0 Å². The van der Waals surface area contributed by atoms with Gasteiger partial charge in [0, 0.05) is 12.6 Å². The van der Waals surface area contributed by atoms with Gasteiger partial charge in [0.1, 0.15) is 0 Å². The molecule has 0 amide bonds. The van der Waals surface area contributed by atoms with E-state index >= 15 is 0 Å². The zero-order valence-corrected chi connectivity index (χ0v) is 6.23. The van der Waals surface area contributed by atoms with Crippen LogP contribution in [0.5, 0.6) is 0 Å². The summed E-state index contributed by atoms with van der Waals surface area (Å²) in [5.74, 6) is 5.51. The van der Waals surface area contributed by atoms with E-state index in [1.165, 1.54) is 0 Å². The second-order valence-electron chi connectivity index (χ2n) is 2.78. The van der Waals surface area contributed by atoms with Crippen molar-refractivity contribution in [1.82, 2.24) is 5.01 Å². The van der Waals surface area contributed by atoms with Crippen molar-refractivity contribution >= 4 is 0 Å². The van der Waals surface area contributed by atoms with Crippen molar-refractivity contribution in [3.63, 3.8) is 0 Å². The predicted molar refractivity (Wildman–Crippen MR) is 36.3 cm³/mol. The van der Waals surface area contributed by atoms with Crippen LogP contribution in [0.1, 0.15) is 27.2 Å². The molecule has 2 heteroatoms. The Bertz CT molecular complexity index is 66.9. The third-order valence-corrected chi connectivity index (χ3v) is 1.82. The Hall–Kier alpha value is -0.0800. The average molecular weight is 116 g/mol. The maximum atomic E-state index is 5.51. The van der Waals surface area contributed by atoms with Crippen molar-refractivity contribution in [2.45, 2.75) is 32.7 Å². The van der Waals surface area contributed by atoms with Gasteiger partial charge in [0.25, 0.3) is 0 Å². The van der Waals surface area contributed by atoms with Crippen LogP contribution < -0.4 is 5.84 Å². The maximum absolute atomic E-state index is 5.51. The molecule has 0 saturated carbocycles. The molecule has 2 nitrogen and oxygen atoms in total. The monoisotopic (exact) mass is 116 g/mol. The number of rotatable bonds is 2. The molecular weight excluding hydrogens is 100 g/mol. The molecule has 0 heterocycles. The predicted octanol–water partition coefficient (Wildman–Crippen LogP) is 0.980. The molecule has 0 fully saturated rings. The third-order valence-electron chi connectivity index (χ3n) is 1.82. The molecular formula is C6H16N2. The van der Waals surface area contributed by atoms with Crippen molar-refractivity contribution in [2.24, 2.45) is 5.84 Å². The van der Waals surface area contributed by atoms with Gasteiger partial charge in [0.15, 0.2) is 0 Å². The van der Waals surface area contributed by atoms with Crippen molar-refractivity contribution in [2.75, 3.05) is 7.05 Å². The van der Waals surface area contributed by atoms with Gasteiger partial charge in [-0.3, -0.25) is 5.84 Å². The lowest BCUT2D eigenvalue weighted by Crippen LogP contribution is -2.45. The van der Waals surface area contributed by atoms with Gasteiger partial charge in [-0.1, -0.05) is 6.92 Å². The zero-order chi connectivity index (χ0) is 6.78. The highest BCUT2D eigenvalue weighted by Gasteiger charge is 2.16. The van der Waals surface area contributed by atoms with Crippen molar-refractivity contribution in [3.05, 3.63) is 0 Å². The Balaban J connectivity index is 3.71. The van der Waals surface area contributed by atoms with E-state index in [4.69, 9.17) is 5.84 Å². The van der Waals surface area contributed by atoms with Gasteiger partial charge in [0.05, 0.1) is 0 Å². The topological polar surface area (TPSA) is 29.3 Å². The lowest BCUT2D eigenvalue weighted by atomic mass is 10.0. The minimum atomic E-state index is 0.153. The van der Waals surface area contributed by atoms with E-state index in [0.717, 1.165) is 6.42 Å². The van der Waals surface area contributed by atoms with Gasteiger partial charge < -0.3 is 0 Å². The van der Waals surface area contributed by atoms with E-state index < -0.39 is 0 Å². The molecule has 0 rings (SSSR count). The van der Waals surface area contributed by atoms with Gasteiger partial charge in [-0.15, -0.1) is 0 Å². The average Bonchev–Trinajstić information content (AvgIpc) is 1.67. The molecule has 8 heavy (non-hydrogen) atoms. The molecule has 0 aliphatic heterocycles. The van der Waals surface area contributed by atoms with Crippen molar-refractivity contribution in [3.8, 4) is 0 Å². The quantitative estimate of drug-likeness (QED) is 0.430. The fourth-order valence-corrected chi connectivity index (χ4v) is 0.249. The number of nitrogens with two attached hydrogens (primary N) is 1. The molecule has 0 saturated heterocycles. The standard InChI is InChI=1S/C6H16N2/c1-5-6(2,3)8(4)7/h5,7H2,1-4H3. The Kier molecular flexibility index (Phi) is 2.44. The van der Waals surface area contributed by atoms with Crippen molar-refractivity contribution in [1.29, 1.82) is 0 Å². The molecule has 0 aromatic heterocycles. The van der Waals surface area contributed by atoms with Crippen molar-refractivity contribution < 1.29 is 0 Å². The summed E-state index contributed by atoms with van der Waals surface area (Å²) >= 11 is 0.